The van der Waals surface area contributed by atoms with Crippen molar-refractivity contribution in [1.82, 2.24) is 4.98 Å². The molecule has 0 spiro atoms. The van der Waals surface area contributed by atoms with E-state index in [1.165, 1.54) is 18.2 Å². The molecule has 0 aliphatic carbocycles. The number of ether oxygens (including phenoxy) is 1. The van der Waals surface area contributed by atoms with Gasteiger partial charge in [0.25, 0.3) is 0 Å². The number of hydrogen-bond acceptors (Lipinski definition) is 4. The average molecular weight is 279 g/mol. The molecule has 0 saturated heterocycles. The second-order valence-electron chi connectivity index (χ2n) is 4.20. The van der Waals surface area contributed by atoms with Crippen LogP contribution in [0.3, 0.4) is 0 Å². The van der Waals surface area contributed by atoms with Crippen LogP contribution in [0.5, 0.6) is 5.88 Å². The molecule has 106 valence electrons. The number of hydrogen-bond donors (Lipinski definition) is 2. The predicted molar refractivity (Wildman–Crippen MR) is 74.2 cm³/mol. The van der Waals surface area contributed by atoms with E-state index in [0.29, 0.717) is 17.9 Å². The molecule has 2 aromatic rings. The van der Waals surface area contributed by atoms with Gasteiger partial charge in [-0.15, -0.1) is 0 Å². The quantitative estimate of drug-likeness (QED) is 0.900. The van der Waals surface area contributed by atoms with E-state index in [-0.39, 0.29) is 17.4 Å². The standard InChI is InChI=1S/C14H15F2N3O/c1-3-20-14-10(17)6-7-11(19-14)18-13-9(15)5-4-8(2)12(13)16/h4-7H,3,17H2,1-2H3,(H,18,19). The third-order valence-corrected chi connectivity index (χ3v) is 2.71. The van der Waals surface area contributed by atoms with Crippen LogP contribution in [-0.2, 0) is 0 Å². The maximum atomic E-state index is 13.9. The summed E-state index contributed by atoms with van der Waals surface area (Å²) in [5.41, 5.74) is 6.15. The Morgan fingerprint density at radius 1 is 1.25 bits per heavy atom. The van der Waals surface area contributed by atoms with Gasteiger partial charge in [-0.1, -0.05) is 6.07 Å². The Balaban J connectivity index is 2.35. The Bertz CT molecular complexity index is 632. The van der Waals surface area contributed by atoms with Gasteiger partial charge in [0.05, 0.1) is 12.3 Å². The van der Waals surface area contributed by atoms with Crippen LogP contribution in [0.1, 0.15) is 12.5 Å². The van der Waals surface area contributed by atoms with Crippen molar-refractivity contribution in [3.63, 3.8) is 0 Å². The van der Waals surface area contributed by atoms with E-state index < -0.39 is 11.6 Å². The molecule has 0 saturated carbocycles. The lowest BCUT2D eigenvalue weighted by Crippen LogP contribution is -2.04. The monoisotopic (exact) mass is 279 g/mol. The first-order valence-corrected chi connectivity index (χ1v) is 6.14. The molecule has 0 bridgehead atoms. The van der Waals surface area contributed by atoms with Crippen LogP contribution in [0.2, 0.25) is 0 Å². The summed E-state index contributed by atoms with van der Waals surface area (Å²) in [7, 11) is 0. The molecule has 3 N–H and O–H groups in total. The van der Waals surface area contributed by atoms with Crippen LogP contribution < -0.4 is 15.8 Å². The number of pyridine rings is 1. The van der Waals surface area contributed by atoms with Crippen molar-refractivity contribution in [2.45, 2.75) is 13.8 Å². The summed E-state index contributed by atoms with van der Waals surface area (Å²) in [6.07, 6.45) is 0. The topological polar surface area (TPSA) is 60.2 Å². The fourth-order valence-electron chi connectivity index (χ4n) is 1.67. The number of aromatic nitrogens is 1. The zero-order chi connectivity index (χ0) is 14.7. The van der Waals surface area contributed by atoms with E-state index in [9.17, 15) is 8.78 Å². The first kappa shape index (κ1) is 14.0. The zero-order valence-electron chi connectivity index (χ0n) is 11.2. The van der Waals surface area contributed by atoms with Gasteiger partial charge in [0, 0.05) is 0 Å². The minimum Gasteiger partial charge on any atom is -0.476 e. The summed E-state index contributed by atoms with van der Waals surface area (Å²) in [6, 6.07) is 5.66. The van der Waals surface area contributed by atoms with Gasteiger partial charge >= 0.3 is 0 Å². The molecular formula is C14H15F2N3O. The van der Waals surface area contributed by atoms with Crippen molar-refractivity contribution >= 4 is 17.2 Å². The lowest BCUT2D eigenvalue weighted by Gasteiger charge is -2.12. The zero-order valence-corrected chi connectivity index (χ0v) is 11.2. The average Bonchev–Trinajstić information content (AvgIpc) is 2.43. The molecule has 0 aliphatic heterocycles. The molecule has 0 aliphatic rings. The molecular weight excluding hydrogens is 264 g/mol. The van der Waals surface area contributed by atoms with Crippen LogP contribution in [0.15, 0.2) is 24.3 Å². The second-order valence-corrected chi connectivity index (χ2v) is 4.20. The summed E-state index contributed by atoms with van der Waals surface area (Å²) < 4.78 is 32.8. The van der Waals surface area contributed by atoms with Crippen molar-refractivity contribution in [3.8, 4) is 5.88 Å². The predicted octanol–water partition coefficient (Wildman–Crippen LogP) is 3.39. The second kappa shape index (κ2) is 5.73. The molecule has 20 heavy (non-hydrogen) atoms. The molecule has 2 rings (SSSR count). The van der Waals surface area contributed by atoms with Crippen molar-refractivity contribution in [2.24, 2.45) is 0 Å². The lowest BCUT2D eigenvalue weighted by molar-refractivity contribution is 0.329. The number of anilines is 3. The molecule has 6 heteroatoms. The first-order valence-electron chi connectivity index (χ1n) is 6.14. The third-order valence-electron chi connectivity index (χ3n) is 2.71. The van der Waals surface area contributed by atoms with Crippen molar-refractivity contribution < 1.29 is 13.5 Å². The van der Waals surface area contributed by atoms with E-state index in [1.807, 2.05) is 0 Å². The van der Waals surface area contributed by atoms with Gasteiger partial charge in [0.1, 0.15) is 17.3 Å². The largest absolute Gasteiger partial charge is 0.476 e. The Kier molecular flexibility index (Phi) is 4.02. The number of nitrogens with zero attached hydrogens (tertiary/aromatic N) is 1. The van der Waals surface area contributed by atoms with E-state index in [1.54, 1.807) is 19.9 Å². The smallest absolute Gasteiger partial charge is 0.239 e. The number of benzene rings is 1. The van der Waals surface area contributed by atoms with E-state index in [2.05, 4.69) is 10.3 Å². The van der Waals surface area contributed by atoms with Gasteiger partial charge in [-0.2, -0.15) is 4.98 Å². The van der Waals surface area contributed by atoms with Crippen molar-refractivity contribution in [1.29, 1.82) is 0 Å². The molecule has 0 radical (unpaired) electrons. The number of nitrogen functional groups attached to an aromatic ring is 1. The molecule has 1 aromatic heterocycles. The first-order chi connectivity index (χ1) is 9.52. The van der Waals surface area contributed by atoms with E-state index >= 15 is 0 Å². The van der Waals surface area contributed by atoms with E-state index in [0.717, 1.165) is 0 Å². The fourth-order valence-corrected chi connectivity index (χ4v) is 1.67. The van der Waals surface area contributed by atoms with E-state index in [4.69, 9.17) is 10.5 Å². The molecule has 0 atom stereocenters. The highest BCUT2D eigenvalue weighted by Gasteiger charge is 2.13. The minimum absolute atomic E-state index is 0.228. The maximum absolute atomic E-state index is 13.9. The number of halogens is 2. The molecule has 4 nitrogen and oxygen atoms in total. The summed E-state index contributed by atoms with van der Waals surface area (Å²) in [4.78, 5) is 4.08. The van der Waals surface area contributed by atoms with Gasteiger partial charge in [-0.25, -0.2) is 8.78 Å². The van der Waals surface area contributed by atoms with Gasteiger partial charge < -0.3 is 15.8 Å². The van der Waals surface area contributed by atoms with Gasteiger partial charge in [-0.05, 0) is 37.6 Å². The van der Waals surface area contributed by atoms with Crippen molar-refractivity contribution in [2.75, 3.05) is 17.7 Å². The molecule has 0 fully saturated rings. The van der Waals surface area contributed by atoms with Gasteiger partial charge in [0.15, 0.2) is 5.82 Å². The normalized spacial score (nSPS) is 10.4. The van der Waals surface area contributed by atoms with Crippen molar-refractivity contribution in [3.05, 3.63) is 41.5 Å². The summed E-state index contributed by atoms with van der Waals surface area (Å²) in [5, 5.41) is 2.61. The summed E-state index contributed by atoms with van der Waals surface area (Å²) >= 11 is 0. The minimum atomic E-state index is -0.690. The van der Waals surface area contributed by atoms with Crippen LogP contribution in [-0.4, -0.2) is 11.6 Å². The Hall–Kier alpha value is -2.37. The Morgan fingerprint density at radius 3 is 2.70 bits per heavy atom. The highest BCUT2D eigenvalue weighted by atomic mass is 19.1. The molecule has 1 aromatic carbocycles. The number of nitrogens with two attached hydrogens (primary N) is 1. The fraction of sp³-hybridized carbons (Fsp3) is 0.214. The van der Waals surface area contributed by atoms with Crippen LogP contribution in [0, 0.1) is 18.6 Å². The van der Waals surface area contributed by atoms with Gasteiger partial charge in [-0.3, -0.25) is 0 Å². The van der Waals surface area contributed by atoms with Crippen LogP contribution in [0.25, 0.3) is 0 Å². The number of aryl methyl sites for hydroxylation is 1. The van der Waals surface area contributed by atoms with Gasteiger partial charge in [0.2, 0.25) is 5.88 Å². The molecule has 1 heterocycles. The van der Waals surface area contributed by atoms with Crippen LogP contribution >= 0.6 is 0 Å². The molecule has 0 unspecified atom stereocenters. The molecule has 0 amide bonds. The lowest BCUT2D eigenvalue weighted by atomic mass is 10.2. The Labute approximate surface area is 115 Å². The van der Waals surface area contributed by atoms with Crippen LogP contribution in [0.4, 0.5) is 26.0 Å². The highest BCUT2D eigenvalue weighted by Crippen LogP contribution is 2.27. The number of nitrogens with one attached hydrogen (secondary N) is 1. The maximum Gasteiger partial charge on any atom is 0.239 e. The summed E-state index contributed by atoms with van der Waals surface area (Å²) in [5.74, 6) is -0.858. The number of rotatable bonds is 4. The third kappa shape index (κ3) is 2.79. The SMILES string of the molecule is CCOc1nc(Nc2c(F)ccc(C)c2F)ccc1N. The highest BCUT2D eigenvalue weighted by molar-refractivity contribution is 5.62. The summed E-state index contributed by atoms with van der Waals surface area (Å²) in [6.45, 7) is 3.75. The Morgan fingerprint density at radius 2 is 2.00 bits per heavy atom.